The van der Waals surface area contributed by atoms with E-state index in [2.05, 4.69) is 5.32 Å². The highest BCUT2D eigenvalue weighted by Crippen LogP contribution is 2.28. The molecule has 1 N–H and O–H groups in total. The maximum atomic E-state index is 13.1. The van der Waals surface area contributed by atoms with Gasteiger partial charge < -0.3 is 15.0 Å². The minimum atomic E-state index is -3.88. The van der Waals surface area contributed by atoms with Crippen molar-refractivity contribution < 1.29 is 22.7 Å². The smallest absolute Gasteiger partial charge is 0.254 e. The molecule has 8 nitrogen and oxygen atoms in total. The summed E-state index contributed by atoms with van der Waals surface area (Å²) in [6.07, 6.45) is -0.474. The van der Waals surface area contributed by atoms with E-state index in [0.717, 1.165) is 0 Å². The van der Waals surface area contributed by atoms with Gasteiger partial charge in [-0.3, -0.25) is 9.59 Å². The Balaban J connectivity index is 1.90. The molecule has 3 rings (SSSR count). The number of carbonyl (C=O) groups excluding carboxylic acids is 2. The van der Waals surface area contributed by atoms with Gasteiger partial charge in [-0.1, -0.05) is 11.6 Å². The van der Waals surface area contributed by atoms with E-state index in [1.165, 1.54) is 27.4 Å². The van der Waals surface area contributed by atoms with Gasteiger partial charge in [0.15, 0.2) is 0 Å². The molecule has 2 aliphatic heterocycles. The summed E-state index contributed by atoms with van der Waals surface area (Å²) < 4.78 is 33.1. The molecule has 1 aromatic carbocycles. The number of nitrogens with one attached hydrogen (secondary N) is 1. The first kappa shape index (κ1) is 20.1. The van der Waals surface area contributed by atoms with Crippen LogP contribution in [-0.2, 0) is 19.6 Å². The maximum Gasteiger partial charge on any atom is 0.254 e. The highest BCUT2D eigenvalue weighted by atomic mass is 35.5. The van der Waals surface area contributed by atoms with Gasteiger partial charge in [0.1, 0.15) is 4.90 Å². The van der Waals surface area contributed by atoms with Gasteiger partial charge >= 0.3 is 0 Å². The van der Waals surface area contributed by atoms with Gasteiger partial charge in [0.05, 0.1) is 23.8 Å². The Morgan fingerprint density at radius 1 is 1.26 bits per heavy atom. The Hall–Kier alpha value is -1.68. The standard InChI is InChI=1S/C17H22ClN3O5S/c1-11-8-21(9-12(2)26-11)27(24,25)15-7-13(3-4-14(15)18)17(23)20-6-5-19-16(22)10-20/h3-4,7,11-12H,5-6,8-10H2,1-2H3,(H,19,22). The maximum absolute atomic E-state index is 13.1. The van der Waals surface area contributed by atoms with Crippen molar-refractivity contribution in [2.24, 2.45) is 0 Å². The number of amides is 2. The number of nitrogens with zero attached hydrogens (tertiary/aromatic N) is 2. The van der Waals surface area contributed by atoms with Crippen molar-refractivity contribution in [1.82, 2.24) is 14.5 Å². The normalized spacial score (nSPS) is 24.6. The summed E-state index contributed by atoms with van der Waals surface area (Å²) in [6, 6.07) is 4.16. The topological polar surface area (TPSA) is 96.0 Å². The van der Waals surface area contributed by atoms with Crippen LogP contribution in [0.3, 0.4) is 0 Å². The van der Waals surface area contributed by atoms with Gasteiger partial charge in [0.25, 0.3) is 5.91 Å². The predicted octanol–water partition coefficient (Wildman–Crippen LogP) is 0.710. The van der Waals surface area contributed by atoms with Crippen LogP contribution in [0.15, 0.2) is 23.1 Å². The van der Waals surface area contributed by atoms with Crippen molar-refractivity contribution in [3.8, 4) is 0 Å². The summed E-state index contributed by atoms with van der Waals surface area (Å²) in [5.74, 6) is -0.644. The van der Waals surface area contributed by atoms with Crippen LogP contribution in [-0.4, -0.2) is 74.4 Å². The third-order valence-corrected chi connectivity index (χ3v) is 6.82. The first-order valence-electron chi connectivity index (χ1n) is 8.69. The van der Waals surface area contributed by atoms with Gasteiger partial charge in [0.2, 0.25) is 15.9 Å². The fourth-order valence-electron chi connectivity index (χ4n) is 3.29. The van der Waals surface area contributed by atoms with E-state index in [4.69, 9.17) is 16.3 Å². The van der Waals surface area contributed by atoms with Gasteiger partial charge in [-0.15, -0.1) is 0 Å². The zero-order chi connectivity index (χ0) is 19.8. The average Bonchev–Trinajstić information content (AvgIpc) is 2.60. The number of benzene rings is 1. The largest absolute Gasteiger partial charge is 0.373 e. The predicted molar refractivity (Wildman–Crippen MR) is 99.1 cm³/mol. The number of carbonyl (C=O) groups is 2. The van der Waals surface area contributed by atoms with E-state index in [1.54, 1.807) is 13.8 Å². The van der Waals surface area contributed by atoms with Crippen LogP contribution in [0.25, 0.3) is 0 Å². The first-order chi connectivity index (χ1) is 12.7. The van der Waals surface area contributed by atoms with Crippen LogP contribution in [0.5, 0.6) is 0 Å². The van der Waals surface area contributed by atoms with Gasteiger partial charge in [0, 0.05) is 31.7 Å². The molecule has 0 radical (unpaired) electrons. The number of morpholine rings is 1. The lowest BCUT2D eigenvalue weighted by atomic mass is 10.2. The molecule has 2 amide bonds. The van der Waals surface area contributed by atoms with E-state index >= 15 is 0 Å². The minimum Gasteiger partial charge on any atom is -0.373 e. The molecule has 0 spiro atoms. The Bertz CT molecular complexity index is 850. The molecule has 2 heterocycles. The van der Waals surface area contributed by atoms with Crippen LogP contribution < -0.4 is 5.32 Å². The molecule has 0 saturated carbocycles. The molecule has 27 heavy (non-hydrogen) atoms. The van der Waals surface area contributed by atoms with Crippen LogP contribution in [0.2, 0.25) is 5.02 Å². The lowest BCUT2D eigenvalue weighted by molar-refractivity contribution is -0.123. The van der Waals surface area contributed by atoms with Crippen LogP contribution in [0, 0.1) is 0 Å². The summed E-state index contributed by atoms with van der Waals surface area (Å²) in [5, 5.41) is 2.70. The van der Waals surface area contributed by atoms with Crippen molar-refractivity contribution in [2.75, 3.05) is 32.7 Å². The quantitative estimate of drug-likeness (QED) is 0.784. The summed E-state index contributed by atoms with van der Waals surface area (Å²) >= 11 is 6.16. The minimum absolute atomic E-state index is 0.0507. The molecule has 0 bridgehead atoms. The molecule has 148 valence electrons. The number of halogens is 1. The Kier molecular flexibility index (Phi) is 5.76. The summed E-state index contributed by atoms with van der Waals surface area (Å²) in [7, 11) is -3.88. The monoisotopic (exact) mass is 415 g/mol. The highest BCUT2D eigenvalue weighted by molar-refractivity contribution is 7.89. The second-order valence-electron chi connectivity index (χ2n) is 6.80. The fourth-order valence-corrected chi connectivity index (χ4v) is 5.39. The van der Waals surface area contributed by atoms with Crippen molar-refractivity contribution >= 4 is 33.4 Å². The third kappa shape index (κ3) is 4.26. The molecule has 2 unspecified atom stereocenters. The third-order valence-electron chi connectivity index (χ3n) is 4.51. The van der Waals surface area contributed by atoms with Crippen LogP contribution in [0.4, 0.5) is 0 Å². The van der Waals surface area contributed by atoms with E-state index in [0.29, 0.717) is 13.1 Å². The number of sulfonamides is 1. The fraction of sp³-hybridized carbons (Fsp3) is 0.529. The Morgan fingerprint density at radius 2 is 1.93 bits per heavy atom. The summed E-state index contributed by atoms with van der Waals surface area (Å²) in [6.45, 7) is 4.73. The van der Waals surface area contributed by atoms with Gasteiger partial charge in [-0.05, 0) is 32.0 Å². The van der Waals surface area contributed by atoms with Crippen molar-refractivity contribution in [3.05, 3.63) is 28.8 Å². The van der Waals surface area contributed by atoms with Crippen molar-refractivity contribution in [2.45, 2.75) is 31.0 Å². The highest BCUT2D eigenvalue weighted by Gasteiger charge is 2.34. The number of hydrogen-bond acceptors (Lipinski definition) is 5. The van der Waals surface area contributed by atoms with Crippen molar-refractivity contribution in [3.63, 3.8) is 0 Å². The molecular formula is C17H22ClN3O5S. The van der Waals surface area contributed by atoms with E-state index in [-0.39, 0.29) is 53.2 Å². The zero-order valence-electron chi connectivity index (χ0n) is 15.1. The molecule has 1 aromatic rings. The number of ether oxygens (including phenoxy) is 1. The molecule has 0 aromatic heterocycles. The molecule has 0 aliphatic carbocycles. The Labute approximate surface area is 163 Å². The van der Waals surface area contributed by atoms with Gasteiger partial charge in [-0.2, -0.15) is 4.31 Å². The number of rotatable bonds is 3. The lowest BCUT2D eigenvalue weighted by Crippen LogP contribution is -2.50. The van der Waals surface area contributed by atoms with E-state index < -0.39 is 15.9 Å². The molecule has 2 fully saturated rings. The van der Waals surface area contributed by atoms with Crippen LogP contribution >= 0.6 is 11.6 Å². The molecular weight excluding hydrogens is 394 g/mol. The van der Waals surface area contributed by atoms with Gasteiger partial charge in [-0.25, -0.2) is 8.42 Å². The zero-order valence-corrected chi connectivity index (χ0v) is 16.7. The second-order valence-corrected chi connectivity index (χ2v) is 9.11. The van der Waals surface area contributed by atoms with E-state index in [9.17, 15) is 18.0 Å². The first-order valence-corrected chi connectivity index (χ1v) is 10.5. The molecule has 10 heteroatoms. The Morgan fingerprint density at radius 3 is 2.56 bits per heavy atom. The number of piperazine rings is 1. The SMILES string of the molecule is CC1CN(S(=O)(=O)c2cc(C(=O)N3CCNC(=O)C3)ccc2Cl)CC(C)O1. The molecule has 2 saturated heterocycles. The molecule has 2 atom stereocenters. The van der Waals surface area contributed by atoms with Crippen LogP contribution in [0.1, 0.15) is 24.2 Å². The average molecular weight is 416 g/mol. The van der Waals surface area contributed by atoms with Crippen molar-refractivity contribution in [1.29, 1.82) is 0 Å². The number of hydrogen-bond donors (Lipinski definition) is 1. The second kappa shape index (κ2) is 7.75. The van der Waals surface area contributed by atoms with E-state index in [1.807, 2.05) is 0 Å². The lowest BCUT2D eigenvalue weighted by Gasteiger charge is -2.34. The summed E-state index contributed by atoms with van der Waals surface area (Å²) in [5.41, 5.74) is 0.182. The summed E-state index contributed by atoms with van der Waals surface area (Å²) in [4.78, 5) is 25.5. The molecule has 2 aliphatic rings.